The number of ether oxygens (including phenoxy) is 1. The van der Waals surface area contributed by atoms with Crippen LogP contribution in [0, 0.1) is 0 Å². The maximum absolute atomic E-state index is 12.5. The van der Waals surface area contributed by atoms with Crippen LogP contribution in [-0.2, 0) is 14.8 Å². The fraction of sp³-hybridized carbons (Fsp3) is 0.150. The van der Waals surface area contributed by atoms with Gasteiger partial charge in [-0.15, -0.1) is 0 Å². The van der Waals surface area contributed by atoms with E-state index in [1.807, 2.05) is 24.3 Å². The van der Waals surface area contributed by atoms with Crippen molar-refractivity contribution in [2.45, 2.75) is 17.9 Å². The van der Waals surface area contributed by atoms with Crippen LogP contribution in [0.3, 0.4) is 0 Å². The molecule has 1 amide bonds. The predicted octanol–water partition coefficient (Wildman–Crippen LogP) is 4.40. The summed E-state index contributed by atoms with van der Waals surface area (Å²) in [5.74, 6) is -0.692. The van der Waals surface area contributed by atoms with Gasteiger partial charge in [0.05, 0.1) is 9.92 Å². The van der Waals surface area contributed by atoms with Gasteiger partial charge in [0, 0.05) is 18.7 Å². The summed E-state index contributed by atoms with van der Waals surface area (Å²) in [6.45, 7) is -3.14. The average molecular weight is 455 g/mol. The highest BCUT2D eigenvalue weighted by Crippen LogP contribution is 2.29. The van der Waals surface area contributed by atoms with E-state index in [2.05, 4.69) is 14.8 Å². The number of benzene rings is 3. The number of amides is 1. The van der Waals surface area contributed by atoms with Crippen molar-refractivity contribution in [2.75, 3.05) is 11.9 Å². The molecular formula is C20H17ClF2N2O4S. The summed E-state index contributed by atoms with van der Waals surface area (Å²) in [5, 5.41) is 4.12. The molecule has 0 atom stereocenters. The first-order valence-corrected chi connectivity index (χ1v) is 10.6. The third-order valence-electron chi connectivity index (χ3n) is 4.11. The van der Waals surface area contributed by atoms with E-state index in [9.17, 15) is 22.0 Å². The van der Waals surface area contributed by atoms with Gasteiger partial charge >= 0.3 is 6.61 Å². The van der Waals surface area contributed by atoms with E-state index in [0.29, 0.717) is 0 Å². The molecule has 0 unspecified atom stereocenters. The van der Waals surface area contributed by atoms with Crippen molar-refractivity contribution in [2.24, 2.45) is 0 Å². The quantitative estimate of drug-likeness (QED) is 0.528. The second kappa shape index (κ2) is 9.38. The number of rotatable bonds is 8. The van der Waals surface area contributed by atoms with E-state index in [1.54, 1.807) is 12.1 Å². The fourth-order valence-electron chi connectivity index (χ4n) is 2.71. The van der Waals surface area contributed by atoms with Gasteiger partial charge in [-0.1, -0.05) is 41.9 Å². The predicted molar refractivity (Wildman–Crippen MR) is 110 cm³/mol. The molecule has 0 aliphatic rings. The number of sulfonamides is 1. The second-order valence-electron chi connectivity index (χ2n) is 6.23. The Bertz CT molecular complexity index is 1170. The van der Waals surface area contributed by atoms with Crippen LogP contribution in [0.1, 0.15) is 6.42 Å². The highest BCUT2D eigenvalue weighted by Gasteiger charge is 2.15. The summed E-state index contributed by atoms with van der Waals surface area (Å²) in [5.41, 5.74) is 0.268. The minimum atomic E-state index is -3.78. The molecule has 30 heavy (non-hydrogen) atoms. The standard InChI is InChI=1S/C20H17ClF2N2O4S/c21-17-12-15(6-8-18(17)29-20(22)23)25-19(26)9-10-24-30(27,28)16-7-5-13-3-1-2-4-14(13)11-16/h1-8,11-12,20,24H,9-10H2,(H,25,26). The molecule has 10 heteroatoms. The number of halogens is 3. The molecule has 0 radical (unpaired) electrons. The monoisotopic (exact) mass is 454 g/mol. The Labute approximate surface area is 176 Å². The summed E-state index contributed by atoms with van der Waals surface area (Å²) in [6, 6.07) is 15.9. The van der Waals surface area contributed by atoms with Crippen molar-refractivity contribution in [1.82, 2.24) is 4.72 Å². The molecular weight excluding hydrogens is 438 g/mol. The molecule has 0 aliphatic carbocycles. The number of fused-ring (bicyclic) bond motifs is 1. The average Bonchev–Trinajstić information content (AvgIpc) is 2.69. The van der Waals surface area contributed by atoms with E-state index in [4.69, 9.17) is 11.6 Å². The Kier molecular flexibility index (Phi) is 6.86. The largest absolute Gasteiger partial charge is 0.433 e. The number of hydrogen-bond acceptors (Lipinski definition) is 4. The van der Waals surface area contributed by atoms with Crippen LogP contribution in [0.15, 0.2) is 65.6 Å². The Morgan fingerprint density at radius 2 is 1.77 bits per heavy atom. The smallest absolute Gasteiger partial charge is 0.387 e. The van der Waals surface area contributed by atoms with E-state index in [-0.39, 0.29) is 34.3 Å². The van der Waals surface area contributed by atoms with E-state index >= 15 is 0 Å². The van der Waals surface area contributed by atoms with Gasteiger partial charge < -0.3 is 10.1 Å². The van der Waals surface area contributed by atoms with Crippen molar-refractivity contribution in [3.63, 3.8) is 0 Å². The molecule has 0 aromatic heterocycles. The van der Waals surface area contributed by atoms with Crippen LogP contribution in [0.5, 0.6) is 5.75 Å². The third-order valence-corrected chi connectivity index (χ3v) is 5.86. The Morgan fingerprint density at radius 3 is 2.47 bits per heavy atom. The zero-order chi connectivity index (χ0) is 21.7. The van der Waals surface area contributed by atoms with Gasteiger partial charge in [0.2, 0.25) is 15.9 Å². The maximum Gasteiger partial charge on any atom is 0.387 e. The lowest BCUT2D eigenvalue weighted by Crippen LogP contribution is -2.27. The Balaban J connectivity index is 1.56. The molecule has 0 heterocycles. The van der Waals surface area contributed by atoms with Crippen molar-refractivity contribution < 1.29 is 26.7 Å². The zero-order valence-electron chi connectivity index (χ0n) is 15.4. The second-order valence-corrected chi connectivity index (χ2v) is 8.40. The van der Waals surface area contributed by atoms with Crippen LogP contribution < -0.4 is 14.8 Å². The number of hydrogen-bond donors (Lipinski definition) is 2. The minimum absolute atomic E-state index is 0.0925. The van der Waals surface area contributed by atoms with Crippen molar-refractivity contribution >= 4 is 44.0 Å². The number of alkyl halides is 2. The molecule has 158 valence electrons. The number of anilines is 1. The highest BCUT2D eigenvalue weighted by atomic mass is 35.5. The molecule has 0 saturated heterocycles. The molecule has 0 aliphatic heterocycles. The molecule has 3 aromatic rings. The fourth-order valence-corrected chi connectivity index (χ4v) is 4.00. The molecule has 0 spiro atoms. The van der Waals surface area contributed by atoms with Crippen LogP contribution in [-0.4, -0.2) is 27.5 Å². The van der Waals surface area contributed by atoms with Crippen molar-refractivity contribution in [3.05, 3.63) is 65.7 Å². The summed E-state index contributed by atoms with van der Waals surface area (Å²) >= 11 is 5.83. The number of carbonyl (C=O) groups excluding carboxylic acids is 1. The topological polar surface area (TPSA) is 84.5 Å². The van der Waals surface area contributed by atoms with Gasteiger partial charge in [-0.2, -0.15) is 8.78 Å². The summed E-state index contributed by atoms with van der Waals surface area (Å²) in [6.07, 6.45) is -0.139. The molecule has 0 bridgehead atoms. The van der Waals surface area contributed by atoms with Crippen molar-refractivity contribution in [3.8, 4) is 5.75 Å². The summed E-state index contributed by atoms with van der Waals surface area (Å²) in [7, 11) is -3.78. The van der Waals surface area contributed by atoms with Crippen LogP contribution in [0.25, 0.3) is 10.8 Å². The van der Waals surface area contributed by atoms with E-state index in [1.165, 1.54) is 24.3 Å². The molecule has 0 saturated carbocycles. The van der Waals surface area contributed by atoms with E-state index < -0.39 is 22.5 Å². The minimum Gasteiger partial charge on any atom is -0.433 e. The number of nitrogens with one attached hydrogen (secondary N) is 2. The van der Waals surface area contributed by atoms with Gasteiger partial charge in [0.15, 0.2) is 0 Å². The molecule has 3 rings (SSSR count). The molecule has 6 nitrogen and oxygen atoms in total. The van der Waals surface area contributed by atoms with Gasteiger partial charge in [0.1, 0.15) is 5.75 Å². The van der Waals surface area contributed by atoms with Crippen LogP contribution in [0.4, 0.5) is 14.5 Å². The summed E-state index contributed by atoms with van der Waals surface area (Å²) in [4.78, 5) is 12.1. The SMILES string of the molecule is O=C(CCNS(=O)(=O)c1ccc2ccccc2c1)Nc1ccc(OC(F)F)c(Cl)c1. The van der Waals surface area contributed by atoms with Gasteiger partial charge in [-0.3, -0.25) is 4.79 Å². The lowest BCUT2D eigenvalue weighted by molar-refractivity contribution is -0.116. The highest BCUT2D eigenvalue weighted by molar-refractivity contribution is 7.89. The lowest BCUT2D eigenvalue weighted by Gasteiger charge is -2.10. The Hall–Kier alpha value is -2.75. The molecule has 3 aromatic carbocycles. The van der Waals surface area contributed by atoms with Crippen LogP contribution in [0.2, 0.25) is 5.02 Å². The Morgan fingerprint density at radius 1 is 1.03 bits per heavy atom. The van der Waals surface area contributed by atoms with Crippen molar-refractivity contribution in [1.29, 1.82) is 0 Å². The lowest BCUT2D eigenvalue weighted by atomic mass is 10.1. The molecule has 0 fully saturated rings. The number of carbonyl (C=O) groups is 1. The normalized spacial score (nSPS) is 11.6. The van der Waals surface area contributed by atoms with Gasteiger partial charge in [0.25, 0.3) is 0 Å². The zero-order valence-corrected chi connectivity index (χ0v) is 17.0. The third kappa shape index (κ3) is 5.65. The summed E-state index contributed by atoms with van der Waals surface area (Å²) < 4.78 is 56.0. The molecule has 2 N–H and O–H groups in total. The first-order chi connectivity index (χ1) is 14.2. The van der Waals surface area contributed by atoms with Gasteiger partial charge in [-0.05, 0) is 41.1 Å². The first-order valence-electron chi connectivity index (χ1n) is 8.77. The van der Waals surface area contributed by atoms with Gasteiger partial charge in [-0.25, -0.2) is 13.1 Å². The first kappa shape index (κ1) is 21.9. The van der Waals surface area contributed by atoms with Crippen LogP contribution >= 0.6 is 11.6 Å². The maximum atomic E-state index is 12.5. The van der Waals surface area contributed by atoms with E-state index in [0.717, 1.165) is 10.8 Å².